The number of anilines is 2. The fourth-order valence-corrected chi connectivity index (χ4v) is 3.70. The maximum atomic E-state index is 13.0. The number of aromatic nitrogens is 1. The third kappa shape index (κ3) is 8.95. The van der Waals surface area contributed by atoms with Gasteiger partial charge in [-0.2, -0.15) is 13.2 Å². The second-order valence-corrected chi connectivity index (χ2v) is 8.85. The zero-order valence-electron chi connectivity index (χ0n) is 20.7. The summed E-state index contributed by atoms with van der Waals surface area (Å²) >= 11 is 5.60. The number of rotatable bonds is 11. The highest BCUT2D eigenvalue weighted by Crippen LogP contribution is 2.36. The van der Waals surface area contributed by atoms with Gasteiger partial charge in [0, 0.05) is 30.2 Å². The van der Waals surface area contributed by atoms with Gasteiger partial charge in [0.25, 0.3) is 5.91 Å². The molecule has 0 aliphatic heterocycles. The Labute approximate surface area is 223 Å². The van der Waals surface area contributed by atoms with E-state index in [0.717, 1.165) is 37.8 Å². The Morgan fingerprint density at radius 3 is 2.29 bits per heavy atom. The molecular formula is C27H28ClF3N4O3. The SMILES string of the molecule is CCCCCCCNC(=O)c1cc(Oc2ccc(NC(=O)Nc3ccc(Cl)c(C(F)(F)F)c3)cc2)ccn1. The number of unbranched alkanes of at least 4 members (excludes halogenated alkanes) is 4. The number of benzene rings is 2. The minimum absolute atomic E-state index is 0.0619. The quantitative estimate of drug-likeness (QED) is 0.212. The van der Waals surface area contributed by atoms with Crippen molar-refractivity contribution in [1.82, 2.24) is 10.3 Å². The normalized spacial score (nSPS) is 11.1. The highest BCUT2D eigenvalue weighted by Gasteiger charge is 2.33. The van der Waals surface area contributed by atoms with Crippen LogP contribution in [0, 0.1) is 0 Å². The van der Waals surface area contributed by atoms with Crippen LogP contribution in [0.5, 0.6) is 11.5 Å². The highest BCUT2D eigenvalue weighted by atomic mass is 35.5. The van der Waals surface area contributed by atoms with Gasteiger partial charge in [-0.15, -0.1) is 0 Å². The molecule has 3 amide bonds. The molecular weight excluding hydrogens is 521 g/mol. The van der Waals surface area contributed by atoms with Crippen molar-refractivity contribution in [2.24, 2.45) is 0 Å². The maximum Gasteiger partial charge on any atom is 0.417 e. The van der Waals surface area contributed by atoms with E-state index in [-0.39, 0.29) is 17.3 Å². The van der Waals surface area contributed by atoms with Crippen molar-refractivity contribution in [3.8, 4) is 11.5 Å². The summed E-state index contributed by atoms with van der Waals surface area (Å²) in [6.07, 6.45) is 2.32. The number of hydrogen-bond donors (Lipinski definition) is 3. The van der Waals surface area contributed by atoms with E-state index in [1.807, 2.05) is 0 Å². The number of halogens is 4. The van der Waals surface area contributed by atoms with Gasteiger partial charge in [-0.25, -0.2) is 4.79 Å². The molecule has 0 aliphatic carbocycles. The number of nitrogens with zero attached hydrogens (tertiary/aromatic N) is 1. The molecule has 0 unspecified atom stereocenters. The molecule has 202 valence electrons. The lowest BCUT2D eigenvalue weighted by Crippen LogP contribution is -2.25. The average molecular weight is 549 g/mol. The van der Waals surface area contributed by atoms with Gasteiger partial charge < -0.3 is 20.7 Å². The molecule has 3 aromatic rings. The maximum absolute atomic E-state index is 13.0. The molecule has 0 fully saturated rings. The van der Waals surface area contributed by atoms with Gasteiger partial charge >= 0.3 is 12.2 Å². The Kier molecular flexibility index (Phi) is 10.3. The number of ether oxygens (including phenoxy) is 1. The molecule has 11 heteroatoms. The molecule has 2 aromatic carbocycles. The molecule has 0 atom stereocenters. The first kappa shape index (κ1) is 28.8. The van der Waals surface area contributed by atoms with Gasteiger partial charge in [0.05, 0.1) is 10.6 Å². The predicted octanol–water partition coefficient (Wildman–Crippen LogP) is 7.89. The number of hydrogen-bond acceptors (Lipinski definition) is 4. The van der Waals surface area contributed by atoms with E-state index in [1.165, 1.54) is 24.8 Å². The molecule has 38 heavy (non-hydrogen) atoms. The van der Waals surface area contributed by atoms with Crippen LogP contribution in [0.4, 0.5) is 29.3 Å². The van der Waals surface area contributed by atoms with Crippen molar-refractivity contribution >= 4 is 34.9 Å². The molecule has 7 nitrogen and oxygen atoms in total. The molecule has 3 N–H and O–H groups in total. The Morgan fingerprint density at radius 2 is 1.58 bits per heavy atom. The summed E-state index contributed by atoms with van der Waals surface area (Å²) < 4.78 is 44.8. The van der Waals surface area contributed by atoms with Crippen molar-refractivity contribution in [1.29, 1.82) is 0 Å². The predicted molar refractivity (Wildman–Crippen MR) is 141 cm³/mol. The van der Waals surface area contributed by atoms with Gasteiger partial charge in [-0.05, 0) is 55.0 Å². The first-order chi connectivity index (χ1) is 18.2. The van der Waals surface area contributed by atoms with E-state index in [2.05, 4.69) is 27.9 Å². The monoisotopic (exact) mass is 548 g/mol. The molecule has 1 aromatic heterocycles. The summed E-state index contributed by atoms with van der Waals surface area (Å²) in [7, 11) is 0. The molecule has 0 radical (unpaired) electrons. The third-order valence-electron chi connectivity index (χ3n) is 5.41. The van der Waals surface area contributed by atoms with Gasteiger partial charge in [-0.1, -0.05) is 44.2 Å². The molecule has 0 saturated carbocycles. The zero-order valence-corrected chi connectivity index (χ0v) is 21.5. The van der Waals surface area contributed by atoms with Crippen LogP contribution >= 0.6 is 11.6 Å². The number of carbonyl (C=O) groups is 2. The summed E-state index contributed by atoms with van der Waals surface area (Å²) in [5.41, 5.74) is -0.485. The van der Waals surface area contributed by atoms with Crippen molar-refractivity contribution < 1.29 is 27.5 Å². The van der Waals surface area contributed by atoms with Gasteiger partial charge in [-0.3, -0.25) is 9.78 Å². The number of nitrogens with one attached hydrogen (secondary N) is 3. The number of pyridine rings is 1. The lowest BCUT2D eigenvalue weighted by atomic mass is 10.1. The van der Waals surface area contributed by atoms with Crippen LogP contribution in [0.2, 0.25) is 5.02 Å². The number of urea groups is 1. The van der Waals surface area contributed by atoms with E-state index in [9.17, 15) is 22.8 Å². The first-order valence-corrected chi connectivity index (χ1v) is 12.5. The fourth-order valence-electron chi connectivity index (χ4n) is 3.48. The van der Waals surface area contributed by atoms with E-state index in [4.69, 9.17) is 16.3 Å². The molecule has 0 aliphatic rings. The largest absolute Gasteiger partial charge is 0.457 e. The second-order valence-electron chi connectivity index (χ2n) is 8.44. The smallest absolute Gasteiger partial charge is 0.417 e. The summed E-state index contributed by atoms with van der Waals surface area (Å²) in [5, 5.41) is 7.27. The summed E-state index contributed by atoms with van der Waals surface area (Å²) in [4.78, 5) is 28.7. The van der Waals surface area contributed by atoms with Crippen LogP contribution < -0.4 is 20.7 Å². The lowest BCUT2D eigenvalue weighted by Gasteiger charge is -2.12. The third-order valence-corrected chi connectivity index (χ3v) is 5.74. The van der Waals surface area contributed by atoms with Crippen molar-refractivity contribution in [2.75, 3.05) is 17.2 Å². The summed E-state index contributed by atoms with van der Waals surface area (Å²) in [6, 6.07) is 11.8. The van der Waals surface area contributed by atoms with Gasteiger partial charge in [0.2, 0.25) is 0 Å². The van der Waals surface area contributed by atoms with Crippen LogP contribution in [0.3, 0.4) is 0 Å². The van der Waals surface area contributed by atoms with Crippen LogP contribution in [0.15, 0.2) is 60.8 Å². The van der Waals surface area contributed by atoms with Crippen molar-refractivity contribution in [3.05, 3.63) is 77.1 Å². The number of amides is 3. The van der Waals surface area contributed by atoms with E-state index in [1.54, 1.807) is 30.3 Å². The van der Waals surface area contributed by atoms with Crippen molar-refractivity contribution in [3.63, 3.8) is 0 Å². The minimum atomic E-state index is -4.64. The topological polar surface area (TPSA) is 92.4 Å². The number of alkyl halides is 3. The molecule has 3 rings (SSSR count). The van der Waals surface area contributed by atoms with Crippen LogP contribution in [0.25, 0.3) is 0 Å². The molecule has 0 bridgehead atoms. The van der Waals surface area contributed by atoms with E-state index < -0.39 is 22.8 Å². The Bertz CT molecular complexity index is 1240. The molecule has 0 spiro atoms. The Hall–Kier alpha value is -3.79. The van der Waals surface area contributed by atoms with E-state index in [0.29, 0.717) is 23.7 Å². The fraction of sp³-hybridized carbons (Fsp3) is 0.296. The van der Waals surface area contributed by atoms with Crippen LogP contribution in [-0.2, 0) is 6.18 Å². The summed E-state index contributed by atoms with van der Waals surface area (Å²) in [6.45, 7) is 2.73. The van der Waals surface area contributed by atoms with E-state index >= 15 is 0 Å². The van der Waals surface area contributed by atoms with Gasteiger partial charge in [0.15, 0.2) is 0 Å². The summed E-state index contributed by atoms with van der Waals surface area (Å²) in [5.74, 6) is 0.575. The van der Waals surface area contributed by atoms with Gasteiger partial charge in [0.1, 0.15) is 17.2 Å². The Morgan fingerprint density at radius 1 is 0.895 bits per heavy atom. The average Bonchev–Trinajstić information content (AvgIpc) is 2.88. The standard InChI is InChI=1S/C27H28ClF3N4O3/c1-2-3-4-5-6-14-33-25(36)24-17-21(13-15-32-24)38-20-10-7-18(8-11-20)34-26(37)35-19-9-12-23(28)22(16-19)27(29,30)31/h7-13,15-17H,2-6,14H2,1H3,(H,33,36)(H2,34,35,37). The van der Waals surface area contributed by atoms with Crippen LogP contribution in [-0.4, -0.2) is 23.5 Å². The van der Waals surface area contributed by atoms with Crippen LogP contribution in [0.1, 0.15) is 55.1 Å². The number of carbonyl (C=O) groups excluding carboxylic acids is 2. The molecule has 0 saturated heterocycles. The highest BCUT2D eigenvalue weighted by molar-refractivity contribution is 6.31. The Balaban J connectivity index is 1.52. The minimum Gasteiger partial charge on any atom is -0.457 e. The first-order valence-electron chi connectivity index (χ1n) is 12.1. The molecule has 1 heterocycles. The van der Waals surface area contributed by atoms with Crippen molar-refractivity contribution in [2.45, 2.75) is 45.2 Å². The zero-order chi connectivity index (χ0) is 27.5. The lowest BCUT2D eigenvalue weighted by molar-refractivity contribution is -0.137. The second kappa shape index (κ2) is 13.7.